The SMILES string of the molecule is CCc1ccc2oc(-c3cc(NC(=O)c4cccc(F)c4)ccc3O)nc2c1. The molecule has 0 bridgehead atoms. The van der Waals surface area contributed by atoms with Crippen LogP contribution in [0.5, 0.6) is 5.75 Å². The van der Waals surface area contributed by atoms with Crippen LogP contribution in [0.2, 0.25) is 0 Å². The van der Waals surface area contributed by atoms with Crippen molar-refractivity contribution in [1.29, 1.82) is 0 Å². The second kappa shape index (κ2) is 7.15. The number of hydrogen-bond donors (Lipinski definition) is 2. The van der Waals surface area contributed by atoms with Gasteiger partial charge in [0, 0.05) is 11.3 Å². The summed E-state index contributed by atoms with van der Waals surface area (Å²) in [5, 5.41) is 12.9. The quantitative estimate of drug-likeness (QED) is 0.483. The number of anilines is 1. The van der Waals surface area contributed by atoms with E-state index in [0.717, 1.165) is 18.1 Å². The highest BCUT2D eigenvalue weighted by molar-refractivity contribution is 6.04. The fourth-order valence-electron chi connectivity index (χ4n) is 2.93. The lowest BCUT2D eigenvalue weighted by molar-refractivity contribution is 0.102. The number of oxazole rings is 1. The predicted molar refractivity (Wildman–Crippen MR) is 105 cm³/mol. The molecule has 1 aromatic heterocycles. The fourth-order valence-corrected chi connectivity index (χ4v) is 2.93. The molecule has 2 N–H and O–H groups in total. The van der Waals surface area contributed by atoms with Gasteiger partial charge in [0.05, 0.1) is 5.56 Å². The first-order valence-corrected chi connectivity index (χ1v) is 8.83. The van der Waals surface area contributed by atoms with Crippen molar-refractivity contribution in [3.05, 3.63) is 77.6 Å². The molecule has 0 aliphatic heterocycles. The van der Waals surface area contributed by atoms with Crippen LogP contribution in [0, 0.1) is 5.82 Å². The van der Waals surface area contributed by atoms with Crippen molar-refractivity contribution < 1.29 is 18.7 Å². The highest BCUT2D eigenvalue weighted by atomic mass is 19.1. The minimum atomic E-state index is -0.489. The van der Waals surface area contributed by atoms with Gasteiger partial charge >= 0.3 is 0 Å². The predicted octanol–water partition coefficient (Wildman–Crippen LogP) is 5.15. The van der Waals surface area contributed by atoms with Crippen molar-refractivity contribution in [1.82, 2.24) is 4.98 Å². The summed E-state index contributed by atoms with van der Waals surface area (Å²) in [6, 6.07) is 15.7. The normalized spacial score (nSPS) is 10.9. The largest absolute Gasteiger partial charge is 0.507 e. The number of fused-ring (bicyclic) bond motifs is 1. The first-order chi connectivity index (χ1) is 13.5. The number of carbonyl (C=O) groups is 1. The van der Waals surface area contributed by atoms with Gasteiger partial charge in [0.25, 0.3) is 5.91 Å². The topological polar surface area (TPSA) is 75.4 Å². The monoisotopic (exact) mass is 376 g/mol. The molecule has 0 aliphatic rings. The number of halogens is 1. The van der Waals surface area contributed by atoms with Gasteiger partial charge in [-0.15, -0.1) is 0 Å². The zero-order chi connectivity index (χ0) is 19.7. The summed E-state index contributed by atoms with van der Waals surface area (Å²) in [4.78, 5) is 16.8. The Morgan fingerprint density at radius 3 is 2.79 bits per heavy atom. The lowest BCUT2D eigenvalue weighted by Gasteiger charge is -2.08. The minimum absolute atomic E-state index is 0.0222. The molecule has 0 spiro atoms. The highest BCUT2D eigenvalue weighted by Crippen LogP contribution is 2.33. The standard InChI is InChI=1S/C22H17FN2O3/c1-2-13-6-9-20-18(10-13)25-22(28-20)17-12-16(7-8-19(17)26)24-21(27)14-4-3-5-15(23)11-14/h3-12,26H,2H2,1H3,(H,24,27). The Kier molecular flexibility index (Phi) is 4.53. The summed E-state index contributed by atoms with van der Waals surface area (Å²) < 4.78 is 19.1. The highest BCUT2D eigenvalue weighted by Gasteiger charge is 2.15. The Hall–Kier alpha value is -3.67. The Morgan fingerprint density at radius 1 is 1.14 bits per heavy atom. The number of nitrogens with zero attached hydrogens (tertiary/aromatic N) is 1. The van der Waals surface area contributed by atoms with Crippen molar-refractivity contribution in [2.24, 2.45) is 0 Å². The van der Waals surface area contributed by atoms with Crippen LogP contribution < -0.4 is 5.32 Å². The van der Waals surface area contributed by atoms with Crippen LogP contribution in [-0.2, 0) is 6.42 Å². The van der Waals surface area contributed by atoms with E-state index in [1.165, 1.54) is 24.3 Å². The first kappa shape index (κ1) is 17.7. The van der Waals surface area contributed by atoms with Gasteiger partial charge in [-0.25, -0.2) is 9.37 Å². The van der Waals surface area contributed by atoms with Crippen LogP contribution in [0.25, 0.3) is 22.6 Å². The summed E-state index contributed by atoms with van der Waals surface area (Å²) in [6.45, 7) is 2.05. The van der Waals surface area contributed by atoms with Gasteiger partial charge < -0.3 is 14.8 Å². The van der Waals surface area contributed by atoms with Crippen LogP contribution in [0.15, 0.2) is 65.1 Å². The summed E-state index contributed by atoms with van der Waals surface area (Å²) in [5.41, 5.74) is 3.42. The maximum absolute atomic E-state index is 13.3. The zero-order valence-electron chi connectivity index (χ0n) is 15.1. The number of aromatic nitrogens is 1. The Morgan fingerprint density at radius 2 is 2.00 bits per heavy atom. The van der Waals surface area contributed by atoms with E-state index in [4.69, 9.17) is 4.42 Å². The zero-order valence-corrected chi connectivity index (χ0v) is 15.1. The molecule has 0 saturated heterocycles. The van der Waals surface area contributed by atoms with Crippen molar-refractivity contribution in [2.45, 2.75) is 13.3 Å². The number of amides is 1. The maximum Gasteiger partial charge on any atom is 0.255 e. The number of benzene rings is 3. The van der Waals surface area contributed by atoms with E-state index in [0.29, 0.717) is 22.4 Å². The van der Waals surface area contributed by atoms with E-state index < -0.39 is 11.7 Å². The molecule has 4 rings (SSSR count). The minimum Gasteiger partial charge on any atom is -0.507 e. The molecule has 0 saturated carbocycles. The molecule has 1 amide bonds. The van der Waals surface area contributed by atoms with Gasteiger partial charge in [-0.1, -0.05) is 19.1 Å². The van der Waals surface area contributed by atoms with Crippen molar-refractivity contribution in [2.75, 3.05) is 5.32 Å². The van der Waals surface area contributed by atoms with Crippen molar-refractivity contribution in [3.8, 4) is 17.2 Å². The average Bonchev–Trinajstić information content (AvgIpc) is 3.12. The fraction of sp³-hybridized carbons (Fsp3) is 0.0909. The molecule has 0 fully saturated rings. The van der Waals surface area contributed by atoms with Gasteiger partial charge in [-0.05, 0) is 60.5 Å². The van der Waals surface area contributed by atoms with E-state index in [1.807, 2.05) is 18.2 Å². The summed E-state index contributed by atoms with van der Waals surface area (Å²) >= 11 is 0. The van der Waals surface area contributed by atoms with Gasteiger partial charge in [0.2, 0.25) is 5.89 Å². The number of carbonyl (C=O) groups excluding carboxylic acids is 1. The number of hydrogen-bond acceptors (Lipinski definition) is 4. The van der Waals surface area contributed by atoms with Gasteiger partial charge in [-0.2, -0.15) is 0 Å². The van der Waals surface area contributed by atoms with E-state index in [1.54, 1.807) is 12.1 Å². The van der Waals surface area contributed by atoms with Crippen LogP contribution in [0.3, 0.4) is 0 Å². The Labute approximate surface area is 160 Å². The second-order valence-electron chi connectivity index (χ2n) is 6.37. The molecule has 0 aliphatic carbocycles. The molecule has 0 atom stereocenters. The first-order valence-electron chi connectivity index (χ1n) is 8.83. The summed E-state index contributed by atoms with van der Waals surface area (Å²) in [7, 11) is 0. The van der Waals surface area contributed by atoms with Gasteiger partial charge in [-0.3, -0.25) is 4.79 Å². The summed E-state index contributed by atoms with van der Waals surface area (Å²) in [5.74, 6) is -0.716. The van der Waals surface area contributed by atoms with Crippen molar-refractivity contribution in [3.63, 3.8) is 0 Å². The summed E-state index contributed by atoms with van der Waals surface area (Å²) in [6.07, 6.45) is 0.880. The lowest BCUT2D eigenvalue weighted by atomic mass is 10.1. The van der Waals surface area contributed by atoms with Crippen LogP contribution in [-0.4, -0.2) is 16.0 Å². The van der Waals surface area contributed by atoms with E-state index in [-0.39, 0.29) is 17.2 Å². The molecule has 0 radical (unpaired) electrons. The molecular formula is C22H17FN2O3. The average molecular weight is 376 g/mol. The molecule has 6 heteroatoms. The number of rotatable bonds is 4. The van der Waals surface area contributed by atoms with Crippen LogP contribution in [0.4, 0.5) is 10.1 Å². The van der Waals surface area contributed by atoms with Crippen molar-refractivity contribution >= 4 is 22.7 Å². The third-order valence-corrected chi connectivity index (χ3v) is 4.43. The molecule has 140 valence electrons. The molecule has 5 nitrogen and oxygen atoms in total. The number of nitrogens with one attached hydrogen (secondary N) is 1. The Balaban J connectivity index is 1.66. The number of phenols is 1. The third kappa shape index (κ3) is 3.44. The molecule has 28 heavy (non-hydrogen) atoms. The van der Waals surface area contributed by atoms with Crippen LogP contribution >= 0.6 is 0 Å². The van der Waals surface area contributed by atoms with E-state index in [2.05, 4.69) is 17.2 Å². The van der Waals surface area contributed by atoms with Gasteiger partial charge in [0.15, 0.2) is 5.58 Å². The molecule has 1 heterocycles. The third-order valence-electron chi connectivity index (χ3n) is 4.43. The van der Waals surface area contributed by atoms with Crippen LogP contribution in [0.1, 0.15) is 22.8 Å². The van der Waals surface area contributed by atoms with E-state index in [9.17, 15) is 14.3 Å². The maximum atomic E-state index is 13.3. The second-order valence-corrected chi connectivity index (χ2v) is 6.37. The van der Waals surface area contributed by atoms with Gasteiger partial charge in [0.1, 0.15) is 17.1 Å². The number of aromatic hydroxyl groups is 1. The molecule has 3 aromatic carbocycles. The number of phenolic OH excluding ortho intramolecular Hbond substituents is 1. The molecule has 0 unspecified atom stereocenters. The smallest absolute Gasteiger partial charge is 0.255 e. The molecule has 4 aromatic rings. The molecular weight excluding hydrogens is 359 g/mol. The lowest BCUT2D eigenvalue weighted by Crippen LogP contribution is -2.12. The van der Waals surface area contributed by atoms with E-state index >= 15 is 0 Å². The number of aryl methyl sites for hydroxylation is 1. The Bertz CT molecular complexity index is 1180.